The van der Waals surface area contributed by atoms with E-state index in [0.717, 1.165) is 62.2 Å². The Morgan fingerprint density at radius 1 is 0.914 bits per heavy atom. The molecule has 0 amide bonds. The molecule has 6 heteroatoms. The molecule has 0 atom stereocenters. The molecule has 0 unspecified atom stereocenters. The van der Waals surface area contributed by atoms with Crippen LogP contribution in [0.5, 0.6) is 0 Å². The maximum Gasteiger partial charge on any atom is 0.0900 e. The first-order chi connectivity index (χ1) is 17.2. The van der Waals surface area contributed by atoms with E-state index in [4.69, 9.17) is 9.98 Å². The number of anilines is 2. The number of hydrogen-bond acceptors (Lipinski definition) is 4. The average molecular weight is 524 g/mol. The van der Waals surface area contributed by atoms with E-state index in [-0.39, 0.29) is 0 Å². The summed E-state index contributed by atoms with van der Waals surface area (Å²) in [5.41, 5.74) is 6.96. The molecule has 6 rings (SSSR count). The van der Waals surface area contributed by atoms with Crippen molar-refractivity contribution in [1.29, 1.82) is 0 Å². The summed E-state index contributed by atoms with van der Waals surface area (Å²) in [5.74, 6) is 0. The van der Waals surface area contributed by atoms with E-state index in [0.29, 0.717) is 6.04 Å². The van der Waals surface area contributed by atoms with E-state index in [1.165, 1.54) is 19.3 Å². The minimum Gasteiger partial charge on any atom is -0.352 e. The molecule has 1 aliphatic heterocycles. The number of halogens is 1. The van der Waals surface area contributed by atoms with Crippen LogP contribution in [0.3, 0.4) is 0 Å². The van der Waals surface area contributed by atoms with Crippen molar-refractivity contribution >= 4 is 38.3 Å². The van der Waals surface area contributed by atoms with Crippen LogP contribution in [-0.2, 0) is 0 Å². The number of benzene rings is 3. The predicted octanol–water partition coefficient (Wildman–Crippen LogP) is 7.26. The van der Waals surface area contributed by atoms with Crippen LogP contribution in [0.2, 0.25) is 0 Å². The van der Waals surface area contributed by atoms with Gasteiger partial charge in [-0.3, -0.25) is 9.98 Å². The Morgan fingerprint density at radius 2 is 1.74 bits per heavy atom. The molecule has 1 aromatic heterocycles. The first kappa shape index (κ1) is 22.0. The fraction of sp³-hybridized carbons (Fsp3) is 0.207. The van der Waals surface area contributed by atoms with Crippen molar-refractivity contribution in [2.24, 2.45) is 4.99 Å². The van der Waals surface area contributed by atoms with Crippen LogP contribution >= 0.6 is 15.9 Å². The van der Waals surface area contributed by atoms with Gasteiger partial charge < -0.3 is 9.88 Å². The number of aromatic nitrogens is 3. The van der Waals surface area contributed by atoms with Gasteiger partial charge in [-0.2, -0.15) is 0 Å². The van der Waals surface area contributed by atoms with Crippen LogP contribution in [0.25, 0.3) is 28.1 Å². The molecular formula is C29H26BrN5. The first-order valence-corrected chi connectivity index (χ1v) is 13.0. The molecule has 5 nitrogen and oxygen atoms in total. The van der Waals surface area contributed by atoms with Crippen molar-refractivity contribution < 1.29 is 0 Å². The Balaban J connectivity index is 1.62. The van der Waals surface area contributed by atoms with Gasteiger partial charge in [-0.1, -0.05) is 47.3 Å². The Kier molecular flexibility index (Phi) is 6.05. The fourth-order valence-corrected chi connectivity index (χ4v) is 5.18. The summed E-state index contributed by atoms with van der Waals surface area (Å²) in [4.78, 5) is 14.6. The lowest BCUT2D eigenvalue weighted by atomic mass is 9.96. The number of para-hydroxylation sites is 2. The molecule has 0 bridgehead atoms. The van der Waals surface area contributed by atoms with Crippen molar-refractivity contribution in [1.82, 2.24) is 14.5 Å². The van der Waals surface area contributed by atoms with E-state index in [9.17, 15) is 0 Å². The topological polar surface area (TPSA) is 55.1 Å². The van der Waals surface area contributed by atoms with Gasteiger partial charge in [0.05, 0.1) is 51.4 Å². The molecule has 0 spiro atoms. The van der Waals surface area contributed by atoms with Crippen LogP contribution < -0.4 is 10.7 Å². The monoisotopic (exact) mass is 523 g/mol. The molecule has 3 aliphatic rings. The predicted molar refractivity (Wildman–Crippen MR) is 145 cm³/mol. The van der Waals surface area contributed by atoms with Crippen molar-refractivity contribution in [2.45, 2.75) is 38.1 Å². The van der Waals surface area contributed by atoms with Gasteiger partial charge in [-0.05, 0) is 73.5 Å². The Morgan fingerprint density at radius 3 is 2.54 bits per heavy atom. The van der Waals surface area contributed by atoms with E-state index in [1.807, 2.05) is 24.4 Å². The van der Waals surface area contributed by atoms with E-state index in [2.05, 4.69) is 85.4 Å². The zero-order chi connectivity index (χ0) is 23.6. The van der Waals surface area contributed by atoms with Crippen LogP contribution in [0.4, 0.5) is 11.4 Å². The molecule has 0 radical (unpaired) electrons. The highest BCUT2D eigenvalue weighted by atomic mass is 79.9. The van der Waals surface area contributed by atoms with Gasteiger partial charge in [0.2, 0.25) is 0 Å². The van der Waals surface area contributed by atoms with Gasteiger partial charge in [-0.25, -0.2) is 4.98 Å². The summed E-state index contributed by atoms with van der Waals surface area (Å²) >= 11 is 3.58. The quantitative estimate of drug-likeness (QED) is 0.252. The van der Waals surface area contributed by atoms with Gasteiger partial charge in [0.15, 0.2) is 0 Å². The highest BCUT2D eigenvalue weighted by Crippen LogP contribution is 2.31. The summed E-state index contributed by atoms with van der Waals surface area (Å²) in [6.07, 6.45) is 9.72. The lowest BCUT2D eigenvalue weighted by molar-refractivity contribution is 0.437. The lowest BCUT2D eigenvalue weighted by Crippen LogP contribution is -2.19. The highest BCUT2D eigenvalue weighted by Gasteiger charge is 2.18. The molecular weight excluding hydrogens is 498 g/mol. The SMILES string of the molecule is Brc1ccc(-n2c3cc(=NC4CCCCC4)c(Nc4cccnc4)cc-3nc3ccccc32)cc1. The summed E-state index contributed by atoms with van der Waals surface area (Å²) in [6.45, 7) is 0. The molecule has 2 heterocycles. The van der Waals surface area contributed by atoms with Gasteiger partial charge in [-0.15, -0.1) is 0 Å². The summed E-state index contributed by atoms with van der Waals surface area (Å²) < 4.78 is 3.35. The number of pyridine rings is 1. The number of fused-ring (bicyclic) bond motifs is 2. The highest BCUT2D eigenvalue weighted by molar-refractivity contribution is 9.10. The lowest BCUT2D eigenvalue weighted by Gasteiger charge is -2.21. The van der Waals surface area contributed by atoms with Crippen LogP contribution in [0.1, 0.15) is 32.1 Å². The second kappa shape index (κ2) is 9.62. The van der Waals surface area contributed by atoms with Gasteiger partial charge in [0.1, 0.15) is 0 Å². The van der Waals surface area contributed by atoms with Gasteiger partial charge >= 0.3 is 0 Å². The van der Waals surface area contributed by atoms with E-state index < -0.39 is 0 Å². The second-order valence-electron chi connectivity index (χ2n) is 9.06. The smallest absolute Gasteiger partial charge is 0.0900 e. The van der Waals surface area contributed by atoms with Crippen LogP contribution in [-0.4, -0.2) is 20.6 Å². The number of nitrogens with zero attached hydrogens (tertiary/aromatic N) is 4. The second-order valence-corrected chi connectivity index (χ2v) is 9.97. The van der Waals surface area contributed by atoms with Crippen LogP contribution in [0.15, 0.2) is 94.7 Å². The largest absolute Gasteiger partial charge is 0.352 e. The van der Waals surface area contributed by atoms with Crippen molar-refractivity contribution in [3.05, 3.63) is 95.0 Å². The molecule has 2 aliphatic carbocycles. The summed E-state index contributed by atoms with van der Waals surface area (Å²) in [7, 11) is 0. The molecule has 1 saturated carbocycles. The normalized spacial score (nSPS) is 15.1. The molecule has 35 heavy (non-hydrogen) atoms. The van der Waals surface area contributed by atoms with Crippen molar-refractivity contribution in [3.8, 4) is 17.1 Å². The van der Waals surface area contributed by atoms with Gasteiger partial charge in [0, 0.05) is 16.4 Å². The molecule has 0 saturated heterocycles. The number of nitrogens with one attached hydrogen (secondary N) is 1. The Bertz CT molecular complexity index is 1500. The average Bonchev–Trinajstić information content (AvgIpc) is 2.90. The third-order valence-corrected chi connectivity index (χ3v) is 7.15. The molecule has 174 valence electrons. The minimum absolute atomic E-state index is 0.352. The molecule has 1 N–H and O–H groups in total. The summed E-state index contributed by atoms with van der Waals surface area (Å²) in [6, 6.07) is 25.4. The maximum absolute atomic E-state index is 5.26. The van der Waals surface area contributed by atoms with Crippen molar-refractivity contribution in [2.75, 3.05) is 5.32 Å². The Hall–Kier alpha value is -3.51. The Labute approximate surface area is 213 Å². The molecule has 3 aromatic rings. The zero-order valence-electron chi connectivity index (χ0n) is 19.4. The van der Waals surface area contributed by atoms with Gasteiger partial charge in [0.25, 0.3) is 0 Å². The number of hydrogen-bond donors (Lipinski definition) is 1. The summed E-state index contributed by atoms with van der Waals surface area (Å²) in [5, 5.41) is 4.53. The zero-order valence-corrected chi connectivity index (χ0v) is 20.9. The van der Waals surface area contributed by atoms with Crippen LogP contribution in [0, 0.1) is 0 Å². The third kappa shape index (κ3) is 4.58. The standard InChI is InChI=1S/C29H26BrN5/c30-20-12-14-23(15-13-20)35-28-11-5-4-10-24(28)34-27-17-25(33-22-9-6-16-31-19-22)26(18-29(27)35)32-21-7-2-1-3-8-21/h4-6,9-19,21,33H,1-3,7-8H2. The third-order valence-electron chi connectivity index (χ3n) is 6.62. The van der Waals surface area contributed by atoms with E-state index in [1.54, 1.807) is 6.20 Å². The first-order valence-electron chi connectivity index (χ1n) is 12.2. The number of rotatable bonds is 4. The fourth-order valence-electron chi connectivity index (χ4n) is 4.92. The maximum atomic E-state index is 5.26. The van der Waals surface area contributed by atoms with E-state index >= 15 is 0 Å². The molecule has 2 aromatic carbocycles. The minimum atomic E-state index is 0.352. The molecule has 1 fully saturated rings. The van der Waals surface area contributed by atoms with Crippen molar-refractivity contribution in [3.63, 3.8) is 0 Å².